The smallest absolute Gasteiger partial charge is 0.191 e. The quantitative estimate of drug-likeness (QED) is 0.417. The Hall–Kier alpha value is -1.83. The van der Waals surface area contributed by atoms with E-state index in [9.17, 15) is 0 Å². The van der Waals surface area contributed by atoms with E-state index in [-0.39, 0.29) is 24.0 Å². The first-order valence-corrected chi connectivity index (χ1v) is 8.49. The molecule has 1 fully saturated rings. The van der Waals surface area contributed by atoms with Gasteiger partial charge >= 0.3 is 0 Å². The van der Waals surface area contributed by atoms with Crippen LogP contribution in [0.5, 0.6) is 0 Å². The summed E-state index contributed by atoms with van der Waals surface area (Å²) in [5, 5.41) is 6.75. The van der Waals surface area contributed by atoms with Crippen molar-refractivity contribution in [3.63, 3.8) is 0 Å². The molecule has 5 nitrogen and oxygen atoms in total. The standard InChI is InChI=1S/C19H25N5.HI/c1-20-19(23-14-17-7-5-6-11-21-17)22-13-16-10-12-24(15-16)18-8-3-2-4-9-18;/h2-9,11,16H,10,12-15H2,1H3,(H2,20,22,23);1H. The van der Waals surface area contributed by atoms with Crippen molar-refractivity contribution in [3.05, 3.63) is 60.4 Å². The lowest BCUT2D eigenvalue weighted by atomic mass is 10.1. The fourth-order valence-electron chi connectivity index (χ4n) is 3.01. The van der Waals surface area contributed by atoms with Gasteiger partial charge in [0, 0.05) is 38.6 Å². The van der Waals surface area contributed by atoms with Gasteiger partial charge in [0.1, 0.15) is 0 Å². The number of halogens is 1. The predicted molar refractivity (Wildman–Crippen MR) is 115 cm³/mol. The minimum absolute atomic E-state index is 0. The molecule has 0 saturated carbocycles. The third-order valence-corrected chi connectivity index (χ3v) is 4.35. The van der Waals surface area contributed by atoms with Crippen molar-refractivity contribution in [1.82, 2.24) is 15.6 Å². The minimum Gasteiger partial charge on any atom is -0.371 e. The Balaban J connectivity index is 0.00000225. The zero-order valence-corrected chi connectivity index (χ0v) is 16.9. The van der Waals surface area contributed by atoms with Crippen molar-refractivity contribution >= 4 is 35.6 Å². The highest BCUT2D eigenvalue weighted by molar-refractivity contribution is 14.0. The highest BCUT2D eigenvalue weighted by Crippen LogP contribution is 2.22. The van der Waals surface area contributed by atoms with Gasteiger partial charge < -0.3 is 15.5 Å². The first-order chi connectivity index (χ1) is 11.8. The van der Waals surface area contributed by atoms with Crippen molar-refractivity contribution in [1.29, 1.82) is 0 Å². The van der Waals surface area contributed by atoms with Crippen LogP contribution in [0, 0.1) is 5.92 Å². The van der Waals surface area contributed by atoms with E-state index in [1.54, 1.807) is 7.05 Å². The molecule has 1 aromatic carbocycles. The molecule has 1 aromatic heterocycles. The molecule has 2 heterocycles. The molecule has 134 valence electrons. The summed E-state index contributed by atoms with van der Waals surface area (Å²) in [6, 6.07) is 16.6. The molecule has 0 radical (unpaired) electrons. The van der Waals surface area contributed by atoms with Crippen molar-refractivity contribution in [2.75, 3.05) is 31.6 Å². The number of hydrogen-bond donors (Lipinski definition) is 2. The number of aromatic nitrogens is 1. The van der Waals surface area contributed by atoms with Gasteiger partial charge in [0.25, 0.3) is 0 Å². The van der Waals surface area contributed by atoms with Gasteiger partial charge in [0.15, 0.2) is 5.96 Å². The van der Waals surface area contributed by atoms with Gasteiger partial charge in [-0.25, -0.2) is 0 Å². The zero-order valence-electron chi connectivity index (χ0n) is 14.6. The SMILES string of the molecule is CN=C(NCc1ccccn1)NCC1CCN(c2ccccc2)C1.I. The molecular weight excluding hydrogens is 425 g/mol. The van der Waals surface area contributed by atoms with Crippen LogP contribution in [0.25, 0.3) is 0 Å². The molecule has 25 heavy (non-hydrogen) atoms. The van der Waals surface area contributed by atoms with E-state index in [1.807, 2.05) is 24.4 Å². The largest absolute Gasteiger partial charge is 0.371 e. The summed E-state index contributed by atoms with van der Waals surface area (Å²) in [7, 11) is 1.80. The highest BCUT2D eigenvalue weighted by Gasteiger charge is 2.22. The summed E-state index contributed by atoms with van der Waals surface area (Å²) in [6.07, 6.45) is 3.02. The number of pyridine rings is 1. The monoisotopic (exact) mass is 451 g/mol. The molecule has 1 unspecified atom stereocenters. The number of rotatable bonds is 5. The molecule has 1 atom stereocenters. The Kier molecular flexibility index (Phi) is 7.97. The Morgan fingerprint density at radius 2 is 1.96 bits per heavy atom. The highest BCUT2D eigenvalue weighted by atomic mass is 127. The van der Waals surface area contributed by atoms with Crippen LogP contribution in [0.1, 0.15) is 12.1 Å². The van der Waals surface area contributed by atoms with E-state index in [2.05, 4.69) is 55.8 Å². The molecule has 2 N–H and O–H groups in total. The van der Waals surface area contributed by atoms with Gasteiger partial charge in [-0.15, -0.1) is 24.0 Å². The normalized spacial score (nSPS) is 17.1. The third-order valence-electron chi connectivity index (χ3n) is 4.35. The van der Waals surface area contributed by atoms with Crippen molar-refractivity contribution < 1.29 is 0 Å². The summed E-state index contributed by atoms with van der Waals surface area (Å²) in [5.41, 5.74) is 2.33. The second-order valence-electron chi connectivity index (χ2n) is 6.06. The molecular formula is C19H26IN5. The van der Waals surface area contributed by atoms with Crippen LogP contribution in [0.15, 0.2) is 59.7 Å². The van der Waals surface area contributed by atoms with Gasteiger partial charge in [-0.3, -0.25) is 9.98 Å². The van der Waals surface area contributed by atoms with Crippen LogP contribution < -0.4 is 15.5 Å². The number of hydrogen-bond acceptors (Lipinski definition) is 3. The van der Waals surface area contributed by atoms with Gasteiger partial charge in [-0.05, 0) is 36.6 Å². The van der Waals surface area contributed by atoms with Crippen LogP contribution in [0.3, 0.4) is 0 Å². The lowest BCUT2D eigenvalue weighted by Gasteiger charge is -2.19. The Labute approximate surface area is 167 Å². The molecule has 2 aromatic rings. The average molecular weight is 451 g/mol. The maximum absolute atomic E-state index is 4.31. The number of nitrogens with zero attached hydrogens (tertiary/aromatic N) is 3. The maximum Gasteiger partial charge on any atom is 0.191 e. The maximum atomic E-state index is 4.31. The average Bonchev–Trinajstić information content (AvgIpc) is 3.12. The Bertz CT molecular complexity index is 647. The molecule has 1 saturated heterocycles. The van der Waals surface area contributed by atoms with Crippen LogP contribution in [-0.2, 0) is 6.54 Å². The molecule has 1 aliphatic rings. The van der Waals surface area contributed by atoms with Crippen LogP contribution in [-0.4, -0.2) is 37.6 Å². The second kappa shape index (κ2) is 10.2. The minimum atomic E-state index is 0. The number of benzene rings is 1. The van der Waals surface area contributed by atoms with Crippen molar-refractivity contribution in [3.8, 4) is 0 Å². The molecule has 0 bridgehead atoms. The molecule has 3 rings (SSSR count). The summed E-state index contributed by atoms with van der Waals surface area (Å²) in [4.78, 5) is 11.1. The number of aliphatic imine (C=N–C) groups is 1. The Morgan fingerprint density at radius 1 is 1.16 bits per heavy atom. The number of anilines is 1. The van der Waals surface area contributed by atoms with Crippen LogP contribution >= 0.6 is 24.0 Å². The summed E-state index contributed by atoms with van der Waals surface area (Å²) >= 11 is 0. The van der Waals surface area contributed by atoms with Crippen LogP contribution in [0.2, 0.25) is 0 Å². The molecule has 6 heteroatoms. The Morgan fingerprint density at radius 3 is 2.68 bits per heavy atom. The van der Waals surface area contributed by atoms with Crippen LogP contribution in [0.4, 0.5) is 5.69 Å². The van der Waals surface area contributed by atoms with Gasteiger partial charge in [-0.2, -0.15) is 0 Å². The summed E-state index contributed by atoms with van der Waals surface area (Å²) in [6.45, 7) is 3.83. The van der Waals surface area contributed by atoms with E-state index in [1.165, 1.54) is 12.1 Å². The van der Waals surface area contributed by atoms with E-state index >= 15 is 0 Å². The number of para-hydroxylation sites is 1. The third kappa shape index (κ3) is 5.88. The van der Waals surface area contributed by atoms with Crippen molar-refractivity contribution in [2.24, 2.45) is 10.9 Å². The second-order valence-corrected chi connectivity index (χ2v) is 6.06. The van der Waals surface area contributed by atoms with E-state index in [0.717, 1.165) is 31.3 Å². The first kappa shape index (κ1) is 19.5. The van der Waals surface area contributed by atoms with Gasteiger partial charge in [-0.1, -0.05) is 24.3 Å². The van der Waals surface area contributed by atoms with Gasteiger partial charge in [0.05, 0.1) is 12.2 Å². The molecule has 0 aliphatic carbocycles. The van der Waals surface area contributed by atoms with Crippen molar-refractivity contribution in [2.45, 2.75) is 13.0 Å². The zero-order chi connectivity index (χ0) is 16.6. The fourth-order valence-corrected chi connectivity index (χ4v) is 3.01. The predicted octanol–water partition coefficient (Wildman–Crippen LogP) is 2.89. The molecule has 1 aliphatic heterocycles. The number of guanidine groups is 1. The first-order valence-electron chi connectivity index (χ1n) is 8.49. The topological polar surface area (TPSA) is 52.6 Å². The molecule has 0 spiro atoms. The lowest BCUT2D eigenvalue weighted by molar-refractivity contribution is 0.565. The summed E-state index contributed by atoms with van der Waals surface area (Å²) < 4.78 is 0. The fraction of sp³-hybridized carbons (Fsp3) is 0.368. The number of nitrogens with one attached hydrogen (secondary N) is 2. The lowest BCUT2D eigenvalue weighted by Crippen LogP contribution is -2.40. The summed E-state index contributed by atoms with van der Waals surface area (Å²) in [5.74, 6) is 1.47. The van der Waals surface area contributed by atoms with E-state index < -0.39 is 0 Å². The van der Waals surface area contributed by atoms with Gasteiger partial charge in [0.2, 0.25) is 0 Å². The van der Waals surface area contributed by atoms with E-state index in [4.69, 9.17) is 0 Å². The van der Waals surface area contributed by atoms with E-state index in [0.29, 0.717) is 12.5 Å². The molecule has 0 amide bonds.